The van der Waals surface area contributed by atoms with Crippen LogP contribution in [0.4, 0.5) is 0 Å². The Kier molecular flexibility index (Phi) is 5.54. The van der Waals surface area contributed by atoms with Crippen molar-refractivity contribution in [3.05, 3.63) is 0 Å². The van der Waals surface area contributed by atoms with Gasteiger partial charge in [-0.25, -0.2) is 4.21 Å². The van der Waals surface area contributed by atoms with Crippen LogP contribution in [0.1, 0.15) is 12.8 Å². The van der Waals surface area contributed by atoms with E-state index >= 15 is 0 Å². The van der Waals surface area contributed by atoms with Gasteiger partial charge in [0.1, 0.15) is 0 Å². The maximum absolute atomic E-state index is 10.3. The summed E-state index contributed by atoms with van der Waals surface area (Å²) in [5.41, 5.74) is 0. The van der Waals surface area contributed by atoms with E-state index in [1.165, 1.54) is 12.8 Å². The van der Waals surface area contributed by atoms with Crippen molar-refractivity contribution in [1.82, 2.24) is 10.6 Å². The Labute approximate surface area is 81.8 Å². The summed E-state index contributed by atoms with van der Waals surface area (Å²) in [6.07, 6.45) is 2.43. The fourth-order valence-corrected chi connectivity index (χ4v) is 1.87. The molecule has 13 heavy (non-hydrogen) atoms. The first-order valence-corrected chi connectivity index (χ1v) is 6.05. The molecule has 0 aromatic rings. The third kappa shape index (κ3) is 5.36. The van der Waals surface area contributed by atoms with Crippen molar-refractivity contribution in [2.24, 2.45) is 5.92 Å². The van der Waals surface area contributed by atoms with Gasteiger partial charge in [0, 0.05) is 6.54 Å². The SMILES string of the molecule is O=S(O)CCNCC1CCNCC1. The lowest BCUT2D eigenvalue weighted by molar-refractivity contribution is 0.359. The second-order valence-electron chi connectivity index (χ2n) is 3.42. The molecular weight excluding hydrogens is 188 g/mol. The minimum atomic E-state index is -1.65. The molecular formula is C8H18N2O2S. The minimum Gasteiger partial charge on any atom is -0.317 e. The summed E-state index contributed by atoms with van der Waals surface area (Å²) in [4.78, 5) is 0. The van der Waals surface area contributed by atoms with E-state index in [0.29, 0.717) is 12.3 Å². The average molecular weight is 206 g/mol. The first-order valence-electron chi connectivity index (χ1n) is 4.78. The molecule has 0 radical (unpaired) electrons. The zero-order valence-corrected chi connectivity index (χ0v) is 8.61. The lowest BCUT2D eigenvalue weighted by atomic mass is 9.98. The van der Waals surface area contributed by atoms with E-state index in [4.69, 9.17) is 4.55 Å². The van der Waals surface area contributed by atoms with Crippen molar-refractivity contribution < 1.29 is 8.76 Å². The highest BCUT2D eigenvalue weighted by Crippen LogP contribution is 2.09. The summed E-state index contributed by atoms with van der Waals surface area (Å²) >= 11 is -1.65. The van der Waals surface area contributed by atoms with E-state index in [0.717, 1.165) is 25.6 Å². The summed E-state index contributed by atoms with van der Waals surface area (Å²) in [5.74, 6) is 1.08. The lowest BCUT2D eigenvalue weighted by Gasteiger charge is -2.22. The number of piperidine rings is 1. The fraction of sp³-hybridized carbons (Fsp3) is 1.00. The Bertz CT molecular complexity index is 160. The van der Waals surface area contributed by atoms with E-state index in [-0.39, 0.29) is 0 Å². The van der Waals surface area contributed by atoms with Crippen LogP contribution in [0, 0.1) is 5.92 Å². The zero-order valence-electron chi connectivity index (χ0n) is 7.79. The molecule has 78 valence electrons. The molecule has 1 atom stereocenters. The molecule has 0 spiro atoms. The van der Waals surface area contributed by atoms with Crippen LogP contribution >= 0.6 is 0 Å². The number of hydrogen-bond acceptors (Lipinski definition) is 3. The molecule has 1 heterocycles. The molecule has 1 unspecified atom stereocenters. The fourth-order valence-electron chi connectivity index (χ4n) is 1.55. The number of hydrogen-bond donors (Lipinski definition) is 3. The van der Waals surface area contributed by atoms with Crippen LogP contribution in [0.2, 0.25) is 0 Å². The molecule has 0 aromatic carbocycles. The summed E-state index contributed by atoms with van der Waals surface area (Å²) in [6, 6.07) is 0. The number of rotatable bonds is 5. The summed E-state index contributed by atoms with van der Waals surface area (Å²) in [6.45, 7) is 3.85. The molecule has 1 aliphatic heterocycles. The van der Waals surface area contributed by atoms with Gasteiger partial charge in [-0.2, -0.15) is 0 Å². The van der Waals surface area contributed by atoms with Crippen molar-refractivity contribution in [3.8, 4) is 0 Å². The molecule has 0 aliphatic carbocycles. The molecule has 0 aromatic heterocycles. The molecule has 1 fully saturated rings. The highest BCUT2D eigenvalue weighted by molar-refractivity contribution is 7.79. The minimum absolute atomic E-state index is 0.338. The van der Waals surface area contributed by atoms with Gasteiger partial charge in [-0.05, 0) is 38.4 Å². The monoisotopic (exact) mass is 206 g/mol. The van der Waals surface area contributed by atoms with E-state index in [9.17, 15) is 4.21 Å². The Morgan fingerprint density at radius 3 is 2.77 bits per heavy atom. The lowest BCUT2D eigenvalue weighted by Crippen LogP contribution is -2.34. The van der Waals surface area contributed by atoms with Crippen LogP contribution in [0.3, 0.4) is 0 Å². The average Bonchev–Trinajstić information content (AvgIpc) is 2.14. The van der Waals surface area contributed by atoms with Gasteiger partial charge in [-0.3, -0.25) is 0 Å². The maximum Gasteiger partial charge on any atom is 0.154 e. The van der Waals surface area contributed by atoms with Crippen molar-refractivity contribution >= 4 is 11.1 Å². The van der Waals surface area contributed by atoms with Crippen LogP contribution in [-0.4, -0.2) is 40.7 Å². The molecule has 0 amide bonds. The molecule has 1 saturated heterocycles. The van der Waals surface area contributed by atoms with E-state index in [1.807, 2.05) is 0 Å². The van der Waals surface area contributed by atoms with E-state index in [2.05, 4.69) is 10.6 Å². The van der Waals surface area contributed by atoms with E-state index in [1.54, 1.807) is 0 Å². The quantitative estimate of drug-likeness (QED) is 0.430. The molecule has 5 heteroatoms. The summed E-state index contributed by atoms with van der Waals surface area (Å²) in [5, 5.41) is 6.51. The van der Waals surface area contributed by atoms with Gasteiger partial charge in [0.15, 0.2) is 11.1 Å². The largest absolute Gasteiger partial charge is 0.317 e. The van der Waals surface area contributed by atoms with Gasteiger partial charge in [0.25, 0.3) is 0 Å². The second kappa shape index (κ2) is 6.48. The predicted octanol–water partition coefficient (Wildman–Crippen LogP) is -0.203. The van der Waals surface area contributed by atoms with E-state index < -0.39 is 11.1 Å². The first kappa shape index (κ1) is 11.1. The highest BCUT2D eigenvalue weighted by atomic mass is 32.2. The zero-order chi connectivity index (χ0) is 9.52. The van der Waals surface area contributed by atoms with Gasteiger partial charge < -0.3 is 15.2 Å². The van der Waals surface area contributed by atoms with Crippen molar-refractivity contribution in [1.29, 1.82) is 0 Å². The van der Waals surface area contributed by atoms with Crippen LogP contribution in [-0.2, 0) is 11.1 Å². The Hall–Kier alpha value is 0.0300. The standard InChI is InChI=1S/C8H18N2O2S/c11-13(12)6-5-10-7-8-1-3-9-4-2-8/h8-10H,1-7H2,(H,11,12). The third-order valence-electron chi connectivity index (χ3n) is 2.35. The summed E-state index contributed by atoms with van der Waals surface area (Å²) < 4.78 is 18.8. The molecule has 0 saturated carbocycles. The molecule has 1 aliphatic rings. The van der Waals surface area contributed by atoms with Crippen molar-refractivity contribution in [2.45, 2.75) is 12.8 Å². The normalized spacial score (nSPS) is 21.6. The number of nitrogens with one attached hydrogen (secondary N) is 2. The topological polar surface area (TPSA) is 61.4 Å². The Morgan fingerprint density at radius 1 is 1.46 bits per heavy atom. The van der Waals surface area contributed by atoms with Gasteiger partial charge in [-0.15, -0.1) is 0 Å². The highest BCUT2D eigenvalue weighted by Gasteiger charge is 2.11. The van der Waals surface area contributed by atoms with Crippen LogP contribution < -0.4 is 10.6 Å². The first-order chi connectivity index (χ1) is 6.29. The van der Waals surface area contributed by atoms with Gasteiger partial charge in [0.05, 0.1) is 5.75 Å². The van der Waals surface area contributed by atoms with Crippen LogP contribution in [0.5, 0.6) is 0 Å². The smallest absolute Gasteiger partial charge is 0.154 e. The van der Waals surface area contributed by atoms with Crippen molar-refractivity contribution in [2.75, 3.05) is 31.9 Å². The third-order valence-corrected chi connectivity index (χ3v) is 2.90. The second-order valence-corrected chi connectivity index (χ2v) is 4.47. The van der Waals surface area contributed by atoms with Gasteiger partial charge in [0.2, 0.25) is 0 Å². The molecule has 3 N–H and O–H groups in total. The Balaban J connectivity index is 1.95. The Morgan fingerprint density at radius 2 is 2.15 bits per heavy atom. The van der Waals surface area contributed by atoms with Crippen molar-refractivity contribution in [3.63, 3.8) is 0 Å². The summed E-state index contributed by atoms with van der Waals surface area (Å²) in [7, 11) is 0. The van der Waals surface area contributed by atoms with Gasteiger partial charge in [-0.1, -0.05) is 0 Å². The maximum atomic E-state index is 10.3. The molecule has 1 rings (SSSR count). The van der Waals surface area contributed by atoms with Gasteiger partial charge >= 0.3 is 0 Å². The molecule has 0 bridgehead atoms. The van der Waals surface area contributed by atoms with Crippen LogP contribution in [0.15, 0.2) is 0 Å². The predicted molar refractivity (Wildman–Crippen MR) is 54.1 cm³/mol. The van der Waals surface area contributed by atoms with Crippen LogP contribution in [0.25, 0.3) is 0 Å². The molecule has 4 nitrogen and oxygen atoms in total.